The number of benzene rings is 1. The van der Waals surface area contributed by atoms with Crippen LogP contribution in [0.5, 0.6) is 0 Å². The van der Waals surface area contributed by atoms with E-state index in [0.29, 0.717) is 0 Å². The van der Waals surface area contributed by atoms with Crippen molar-refractivity contribution in [3.05, 3.63) is 35.4 Å². The summed E-state index contributed by atoms with van der Waals surface area (Å²) in [4.78, 5) is 0. The zero-order valence-electron chi connectivity index (χ0n) is 12.9. The minimum absolute atomic E-state index is 0.790. The lowest BCUT2D eigenvalue weighted by Crippen LogP contribution is -2.29. The zero-order valence-corrected chi connectivity index (χ0v) is 12.9. The second kappa shape index (κ2) is 6.76. The first-order valence-electron chi connectivity index (χ1n) is 8.69. The maximum absolute atomic E-state index is 3.57. The van der Waals surface area contributed by atoms with Crippen molar-refractivity contribution in [3.8, 4) is 0 Å². The van der Waals surface area contributed by atoms with E-state index in [1.165, 1.54) is 51.5 Å². The predicted octanol–water partition coefficient (Wildman–Crippen LogP) is 4.84. The molecular weight excluding hydrogens is 242 g/mol. The minimum Gasteiger partial charge on any atom is -0.317 e. The first kappa shape index (κ1) is 14.1. The van der Waals surface area contributed by atoms with Gasteiger partial charge in [0.15, 0.2) is 0 Å². The summed E-state index contributed by atoms with van der Waals surface area (Å²) in [5.41, 5.74) is 3.18. The molecule has 2 fully saturated rings. The molecular formula is C19H29N. The Morgan fingerprint density at radius 1 is 0.900 bits per heavy atom. The van der Waals surface area contributed by atoms with Crippen molar-refractivity contribution in [3.63, 3.8) is 0 Å². The smallest absolute Gasteiger partial charge is 0.00148 e. The van der Waals surface area contributed by atoms with Gasteiger partial charge in [0.25, 0.3) is 0 Å². The van der Waals surface area contributed by atoms with Crippen LogP contribution in [0.1, 0.15) is 74.8 Å². The summed E-state index contributed by atoms with van der Waals surface area (Å²) < 4.78 is 0. The fraction of sp³-hybridized carbons (Fsp3) is 0.684. The van der Waals surface area contributed by atoms with E-state index in [1.54, 1.807) is 11.1 Å². The molecule has 2 unspecified atom stereocenters. The maximum atomic E-state index is 3.57. The van der Waals surface area contributed by atoms with E-state index >= 15 is 0 Å². The van der Waals surface area contributed by atoms with Crippen LogP contribution in [0.15, 0.2) is 24.3 Å². The lowest BCUT2D eigenvalue weighted by Gasteiger charge is -2.33. The molecule has 1 nitrogen and oxygen atoms in total. The molecule has 0 saturated heterocycles. The van der Waals surface area contributed by atoms with Gasteiger partial charge in [0.2, 0.25) is 0 Å². The molecule has 0 amide bonds. The average molecular weight is 271 g/mol. The zero-order chi connectivity index (χ0) is 13.8. The van der Waals surface area contributed by atoms with Crippen LogP contribution in [0.2, 0.25) is 0 Å². The molecule has 0 heterocycles. The van der Waals surface area contributed by atoms with Crippen molar-refractivity contribution < 1.29 is 0 Å². The van der Waals surface area contributed by atoms with E-state index in [4.69, 9.17) is 0 Å². The fourth-order valence-corrected chi connectivity index (χ4v) is 3.98. The number of hydrogen-bond acceptors (Lipinski definition) is 1. The van der Waals surface area contributed by atoms with Crippen LogP contribution in [-0.2, 0) is 0 Å². The molecule has 0 spiro atoms. The Morgan fingerprint density at radius 2 is 1.60 bits per heavy atom. The molecule has 20 heavy (non-hydrogen) atoms. The highest BCUT2D eigenvalue weighted by atomic mass is 14.8. The fourth-order valence-electron chi connectivity index (χ4n) is 3.98. The largest absolute Gasteiger partial charge is 0.317 e. The van der Waals surface area contributed by atoms with Crippen LogP contribution >= 0.6 is 0 Å². The Morgan fingerprint density at radius 3 is 2.25 bits per heavy atom. The Kier molecular flexibility index (Phi) is 4.77. The Balaban J connectivity index is 1.68. The Labute approximate surface area is 124 Å². The molecule has 2 atom stereocenters. The second-order valence-corrected chi connectivity index (χ2v) is 6.75. The second-order valence-electron chi connectivity index (χ2n) is 6.75. The van der Waals surface area contributed by atoms with Gasteiger partial charge in [-0.3, -0.25) is 0 Å². The molecule has 110 valence electrons. The molecule has 2 saturated carbocycles. The molecule has 1 aromatic rings. The Hall–Kier alpha value is -0.820. The van der Waals surface area contributed by atoms with Crippen molar-refractivity contribution >= 4 is 0 Å². The molecule has 1 aromatic carbocycles. The third-order valence-electron chi connectivity index (χ3n) is 5.51. The third kappa shape index (κ3) is 3.09. The van der Waals surface area contributed by atoms with E-state index in [1.807, 2.05) is 0 Å². The number of rotatable bonds is 5. The maximum Gasteiger partial charge on any atom is -0.00148 e. The van der Waals surface area contributed by atoms with Gasteiger partial charge in [0, 0.05) is 0 Å². The van der Waals surface area contributed by atoms with Crippen molar-refractivity contribution in [2.24, 2.45) is 5.92 Å². The first-order valence-corrected chi connectivity index (χ1v) is 8.69. The molecule has 1 heteroatoms. The van der Waals surface area contributed by atoms with Crippen LogP contribution in [-0.4, -0.2) is 13.1 Å². The summed E-state index contributed by atoms with van der Waals surface area (Å²) >= 11 is 0. The molecule has 0 aromatic heterocycles. The van der Waals surface area contributed by atoms with Gasteiger partial charge in [0.05, 0.1) is 0 Å². The van der Waals surface area contributed by atoms with E-state index in [0.717, 1.165) is 24.3 Å². The summed E-state index contributed by atoms with van der Waals surface area (Å²) in [6.07, 6.45) is 9.88. The monoisotopic (exact) mass is 271 g/mol. The molecule has 0 radical (unpaired) electrons. The molecule has 3 rings (SSSR count). The standard InChI is InChI=1S/C19H29N/c1-2-20-14-18-6-3-4-9-19(18)17-12-10-16(11-13-17)15-7-5-8-15/h10-13,15,18-20H,2-9,14H2,1H3. The summed E-state index contributed by atoms with van der Waals surface area (Å²) in [5, 5.41) is 3.57. The van der Waals surface area contributed by atoms with Gasteiger partial charge in [-0.05, 0) is 67.7 Å². The van der Waals surface area contributed by atoms with Crippen LogP contribution in [0.25, 0.3) is 0 Å². The molecule has 2 aliphatic carbocycles. The van der Waals surface area contributed by atoms with Gasteiger partial charge in [-0.2, -0.15) is 0 Å². The van der Waals surface area contributed by atoms with Crippen LogP contribution in [0.4, 0.5) is 0 Å². The first-order chi connectivity index (χ1) is 9.88. The van der Waals surface area contributed by atoms with Crippen molar-refractivity contribution in [1.29, 1.82) is 0 Å². The molecule has 0 aliphatic heterocycles. The van der Waals surface area contributed by atoms with E-state index in [9.17, 15) is 0 Å². The van der Waals surface area contributed by atoms with Crippen molar-refractivity contribution in [1.82, 2.24) is 5.32 Å². The van der Waals surface area contributed by atoms with Crippen molar-refractivity contribution in [2.75, 3.05) is 13.1 Å². The van der Waals surface area contributed by atoms with E-state index in [-0.39, 0.29) is 0 Å². The number of nitrogens with one attached hydrogen (secondary N) is 1. The van der Waals surface area contributed by atoms with Crippen LogP contribution < -0.4 is 5.32 Å². The van der Waals surface area contributed by atoms with Gasteiger partial charge < -0.3 is 5.32 Å². The van der Waals surface area contributed by atoms with Gasteiger partial charge >= 0.3 is 0 Å². The highest BCUT2D eigenvalue weighted by Crippen LogP contribution is 2.40. The normalized spacial score (nSPS) is 27.2. The minimum atomic E-state index is 0.790. The molecule has 1 N–H and O–H groups in total. The third-order valence-corrected chi connectivity index (χ3v) is 5.51. The topological polar surface area (TPSA) is 12.0 Å². The highest BCUT2D eigenvalue weighted by Gasteiger charge is 2.26. The van der Waals surface area contributed by atoms with Crippen molar-refractivity contribution in [2.45, 2.75) is 63.7 Å². The summed E-state index contributed by atoms with van der Waals surface area (Å²) in [5.74, 6) is 2.50. The Bertz CT molecular complexity index is 404. The van der Waals surface area contributed by atoms with Gasteiger partial charge in [0.1, 0.15) is 0 Å². The van der Waals surface area contributed by atoms with Gasteiger partial charge in [-0.1, -0.05) is 50.5 Å². The summed E-state index contributed by atoms with van der Waals surface area (Å²) in [6.45, 7) is 4.51. The van der Waals surface area contributed by atoms with Crippen LogP contribution in [0.3, 0.4) is 0 Å². The molecule has 0 bridgehead atoms. The lowest BCUT2D eigenvalue weighted by atomic mass is 9.74. The average Bonchev–Trinajstić information content (AvgIpc) is 2.44. The lowest BCUT2D eigenvalue weighted by molar-refractivity contribution is 0.297. The predicted molar refractivity (Wildman–Crippen MR) is 86.3 cm³/mol. The van der Waals surface area contributed by atoms with Gasteiger partial charge in [-0.25, -0.2) is 0 Å². The van der Waals surface area contributed by atoms with Gasteiger partial charge in [-0.15, -0.1) is 0 Å². The summed E-state index contributed by atoms with van der Waals surface area (Å²) in [6, 6.07) is 9.70. The van der Waals surface area contributed by atoms with E-state index < -0.39 is 0 Å². The summed E-state index contributed by atoms with van der Waals surface area (Å²) in [7, 11) is 0. The SMILES string of the molecule is CCNCC1CCCCC1c1ccc(C2CCC2)cc1. The van der Waals surface area contributed by atoms with E-state index in [2.05, 4.69) is 36.5 Å². The molecule has 2 aliphatic rings. The quantitative estimate of drug-likeness (QED) is 0.808. The highest BCUT2D eigenvalue weighted by molar-refractivity contribution is 5.29. The van der Waals surface area contributed by atoms with Crippen LogP contribution in [0, 0.1) is 5.92 Å². The number of hydrogen-bond donors (Lipinski definition) is 1.